The second kappa shape index (κ2) is 4.60. The maximum atomic E-state index is 5.77. The molecule has 1 N–H and O–H groups in total. The smallest absolute Gasteiger partial charge is 0.118 e. The summed E-state index contributed by atoms with van der Waals surface area (Å²) >= 11 is 0. The van der Waals surface area contributed by atoms with Crippen LogP contribution in [0.4, 0.5) is 0 Å². The summed E-state index contributed by atoms with van der Waals surface area (Å²) in [4.78, 5) is 2.49. The van der Waals surface area contributed by atoms with Crippen LogP contribution in [0.1, 0.15) is 32.3 Å². The first kappa shape index (κ1) is 11.7. The van der Waals surface area contributed by atoms with Gasteiger partial charge in [0.25, 0.3) is 0 Å². The Morgan fingerprint density at radius 2 is 2.12 bits per heavy atom. The monoisotopic (exact) mass is 222 g/mol. The van der Waals surface area contributed by atoms with Gasteiger partial charge in [-0.15, -0.1) is 0 Å². The quantitative estimate of drug-likeness (QED) is 0.848. The number of nitrogens with one attached hydrogen (secondary N) is 1. The zero-order valence-electron chi connectivity index (χ0n) is 10.5. The van der Waals surface area contributed by atoms with Gasteiger partial charge >= 0.3 is 0 Å². The molecule has 0 aromatic carbocycles. The normalized spacial score (nSPS) is 21.2. The molecule has 1 aromatic rings. The second-order valence-electron chi connectivity index (χ2n) is 5.13. The lowest BCUT2D eigenvalue weighted by Gasteiger charge is -2.42. The van der Waals surface area contributed by atoms with Crippen LogP contribution in [0.3, 0.4) is 0 Å². The fraction of sp³-hybridized carbons (Fsp3) is 0.692. The molecule has 1 fully saturated rings. The average molecular weight is 222 g/mol. The first-order valence-corrected chi connectivity index (χ1v) is 6.15. The minimum Gasteiger partial charge on any atom is -0.465 e. The molecule has 2 rings (SSSR count). The molecule has 0 spiro atoms. The summed E-state index contributed by atoms with van der Waals surface area (Å²) in [6, 6.07) is 4.20. The molecule has 1 aliphatic heterocycles. The number of nitrogens with zero attached hydrogens (tertiary/aromatic N) is 1. The van der Waals surface area contributed by atoms with Crippen molar-refractivity contribution in [3.8, 4) is 0 Å². The van der Waals surface area contributed by atoms with Crippen molar-refractivity contribution in [2.24, 2.45) is 0 Å². The average Bonchev–Trinajstić information content (AvgIpc) is 2.69. The van der Waals surface area contributed by atoms with E-state index in [0.717, 1.165) is 44.1 Å². The van der Waals surface area contributed by atoms with Crippen LogP contribution in [0, 0.1) is 0 Å². The topological polar surface area (TPSA) is 28.4 Å². The Morgan fingerprint density at radius 1 is 1.38 bits per heavy atom. The minimum absolute atomic E-state index is 0.220. The molecule has 0 bridgehead atoms. The lowest BCUT2D eigenvalue weighted by Crippen LogP contribution is -2.57. The van der Waals surface area contributed by atoms with Gasteiger partial charge in [0, 0.05) is 31.6 Å². The first-order chi connectivity index (χ1) is 7.62. The molecule has 1 aromatic heterocycles. The third-order valence-electron chi connectivity index (χ3n) is 3.38. The zero-order valence-corrected chi connectivity index (χ0v) is 10.5. The number of hydrogen-bond donors (Lipinski definition) is 1. The van der Waals surface area contributed by atoms with Crippen LogP contribution < -0.4 is 5.32 Å². The summed E-state index contributed by atoms with van der Waals surface area (Å²) in [5, 5.41) is 3.43. The van der Waals surface area contributed by atoms with Gasteiger partial charge in [-0.3, -0.25) is 4.90 Å². The standard InChI is InChI=1S/C13H22N2O/c1-4-11-5-6-12(16-11)9-15-8-7-14-10-13(15,2)3/h5-6,14H,4,7-10H2,1-3H3. The lowest BCUT2D eigenvalue weighted by molar-refractivity contribution is 0.0750. The molecule has 1 saturated heterocycles. The van der Waals surface area contributed by atoms with E-state index in [-0.39, 0.29) is 5.54 Å². The summed E-state index contributed by atoms with van der Waals surface area (Å²) < 4.78 is 5.77. The maximum Gasteiger partial charge on any atom is 0.118 e. The molecule has 16 heavy (non-hydrogen) atoms. The molecule has 1 aliphatic rings. The molecule has 0 aliphatic carbocycles. The fourth-order valence-electron chi connectivity index (χ4n) is 2.20. The Kier molecular flexibility index (Phi) is 3.36. The first-order valence-electron chi connectivity index (χ1n) is 6.15. The van der Waals surface area contributed by atoms with Crippen LogP contribution >= 0.6 is 0 Å². The predicted molar refractivity (Wildman–Crippen MR) is 65.4 cm³/mol. The van der Waals surface area contributed by atoms with Crippen LogP contribution in [-0.4, -0.2) is 30.1 Å². The number of hydrogen-bond acceptors (Lipinski definition) is 3. The highest BCUT2D eigenvalue weighted by Gasteiger charge is 2.29. The summed E-state index contributed by atoms with van der Waals surface area (Å²) in [5.74, 6) is 2.18. The van der Waals surface area contributed by atoms with Crippen molar-refractivity contribution in [1.82, 2.24) is 10.2 Å². The Morgan fingerprint density at radius 3 is 2.75 bits per heavy atom. The number of piperazine rings is 1. The van der Waals surface area contributed by atoms with E-state index in [0.29, 0.717) is 0 Å². The molecular weight excluding hydrogens is 200 g/mol. The SMILES string of the molecule is CCc1ccc(CN2CCNCC2(C)C)o1. The summed E-state index contributed by atoms with van der Waals surface area (Å²) in [6.07, 6.45) is 0.977. The lowest BCUT2D eigenvalue weighted by atomic mass is 10.00. The van der Waals surface area contributed by atoms with Gasteiger partial charge in [-0.25, -0.2) is 0 Å². The van der Waals surface area contributed by atoms with Crippen LogP contribution in [0.5, 0.6) is 0 Å². The predicted octanol–water partition coefficient (Wildman–Crippen LogP) is 2.03. The van der Waals surface area contributed by atoms with E-state index in [2.05, 4.69) is 43.1 Å². The molecular formula is C13H22N2O. The van der Waals surface area contributed by atoms with E-state index in [1.54, 1.807) is 0 Å². The van der Waals surface area contributed by atoms with E-state index in [1.807, 2.05) is 0 Å². The van der Waals surface area contributed by atoms with Gasteiger partial charge in [0.05, 0.1) is 6.54 Å². The van der Waals surface area contributed by atoms with Gasteiger partial charge in [-0.05, 0) is 26.0 Å². The van der Waals surface area contributed by atoms with E-state index in [4.69, 9.17) is 4.42 Å². The largest absolute Gasteiger partial charge is 0.465 e. The van der Waals surface area contributed by atoms with E-state index in [1.165, 1.54) is 0 Å². The molecule has 2 heterocycles. The van der Waals surface area contributed by atoms with Crippen molar-refractivity contribution in [3.05, 3.63) is 23.7 Å². The molecule has 90 valence electrons. The zero-order chi connectivity index (χ0) is 11.6. The highest BCUT2D eigenvalue weighted by atomic mass is 16.3. The Labute approximate surface area is 97.8 Å². The molecule has 0 radical (unpaired) electrons. The summed E-state index contributed by atoms with van der Waals surface area (Å²) in [7, 11) is 0. The van der Waals surface area contributed by atoms with Gasteiger partial charge in [0.1, 0.15) is 11.5 Å². The maximum absolute atomic E-state index is 5.77. The van der Waals surface area contributed by atoms with Crippen molar-refractivity contribution >= 4 is 0 Å². The highest BCUT2D eigenvalue weighted by Crippen LogP contribution is 2.20. The molecule has 0 saturated carbocycles. The Bertz CT molecular complexity index is 343. The third kappa shape index (κ3) is 2.47. The fourth-order valence-corrected chi connectivity index (χ4v) is 2.20. The van der Waals surface area contributed by atoms with Gasteiger partial charge in [-0.2, -0.15) is 0 Å². The van der Waals surface area contributed by atoms with Crippen molar-refractivity contribution in [2.45, 2.75) is 39.3 Å². The Hall–Kier alpha value is -0.800. The van der Waals surface area contributed by atoms with Gasteiger partial charge in [-0.1, -0.05) is 6.92 Å². The molecule has 3 nitrogen and oxygen atoms in total. The second-order valence-corrected chi connectivity index (χ2v) is 5.13. The highest BCUT2D eigenvalue weighted by molar-refractivity contribution is 5.08. The van der Waals surface area contributed by atoms with Crippen molar-refractivity contribution in [3.63, 3.8) is 0 Å². The molecule has 0 unspecified atom stereocenters. The van der Waals surface area contributed by atoms with E-state index in [9.17, 15) is 0 Å². The van der Waals surface area contributed by atoms with Crippen molar-refractivity contribution in [1.29, 1.82) is 0 Å². The van der Waals surface area contributed by atoms with Crippen LogP contribution in [0.2, 0.25) is 0 Å². The van der Waals surface area contributed by atoms with Crippen LogP contribution in [0.25, 0.3) is 0 Å². The minimum atomic E-state index is 0.220. The van der Waals surface area contributed by atoms with Crippen LogP contribution in [0.15, 0.2) is 16.5 Å². The van der Waals surface area contributed by atoms with Crippen molar-refractivity contribution in [2.75, 3.05) is 19.6 Å². The number of aryl methyl sites for hydroxylation is 1. The van der Waals surface area contributed by atoms with E-state index < -0.39 is 0 Å². The van der Waals surface area contributed by atoms with Crippen LogP contribution in [-0.2, 0) is 13.0 Å². The van der Waals surface area contributed by atoms with Gasteiger partial charge < -0.3 is 9.73 Å². The molecule has 0 amide bonds. The summed E-state index contributed by atoms with van der Waals surface area (Å²) in [6.45, 7) is 10.8. The van der Waals surface area contributed by atoms with Gasteiger partial charge in [0.15, 0.2) is 0 Å². The third-order valence-corrected chi connectivity index (χ3v) is 3.38. The molecule has 0 atom stereocenters. The molecule has 3 heteroatoms. The number of furan rings is 1. The van der Waals surface area contributed by atoms with Gasteiger partial charge in [0.2, 0.25) is 0 Å². The Balaban J connectivity index is 2.02. The van der Waals surface area contributed by atoms with Crippen molar-refractivity contribution < 1.29 is 4.42 Å². The summed E-state index contributed by atoms with van der Waals surface area (Å²) in [5.41, 5.74) is 0.220. The van der Waals surface area contributed by atoms with E-state index >= 15 is 0 Å². The number of rotatable bonds is 3.